The summed E-state index contributed by atoms with van der Waals surface area (Å²) in [6.45, 7) is 4.86. The molecule has 2 aliphatic rings. The fourth-order valence-electron chi connectivity index (χ4n) is 4.20. The van der Waals surface area contributed by atoms with E-state index in [9.17, 15) is 10.1 Å². The number of amides is 1. The van der Waals surface area contributed by atoms with Gasteiger partial charge in [-0.05, 0) is 31.4 Å². The number of carbonyl (C=O) groups is 1. The Morgan fingerprint density at radius 1 is 1.23 bits per heavy atom. The van der Waals surface area contributed by atoms with Crippen molar-refractivity contribution in [2.75, 3.05) is 37.0 Å². The molecular formula is C22H28N6O2S. The quantitative estimate of drug-likeness (QED) is 0.690. The van der Waals surface area contributed by atoms with Crippen LogP contribution >= 0.6 is 11.8 Å². The van der Waals surface area contributed by atoms with Gasteiger partial charge in [0.05, 0.1) is 30.7 Å². The lowest BCUT2D eigenvalue weighted by Crippen LogP contribution is -2.49. The van der Waals surface area contributed by atoms with Gasteiger partial charge in [0, 0.05) is 13.1 Å². The standard InChI is InChI=1S/C22H28N6O2S/c1-17-7-3-4-8-18(17)28-20(27-11-13-30-14-12-27)25-26-21(28)31-15-19(29)24-22(16-23)9-5-2-6-10-22/h3-4,7-8H,2,5-6,9-15H2,1H3,(H,24,29). The average Bonchev–Trinajstić information content (AvgIpc) is 3.23. The van der Waals surface area contributed by atoms with Gasteiger partial charge in [0.2, 0.25) is 11.9 Å². The molecule has 0 bridgehead atoms. The molecule has 1 aromatic heterocycles. The highest BCUT2D eigenvalue weighted by Gasteiger charge is 2.33. The van der Waals surface area contributed by atoms with Crippen molar-refractivity contribution in [3.8, 4) is 11.8 Å². The van der Waals surface area contributed by atoms with Gasteiger partial charge in [-0.15, -0.1) is 10.2 Å². The summed E-state index contributed by atoms with van der Waals surface area (Å²) in [7, 11) is 0. The van der Waals surface area contributed by atoms with Crippen molar-refractivity contribution in [3.05, 3.63) is 29.8 Å². The predicted octanol–water partition coefficient (Wildman–Crippen LogP) is 2.85. The van der Waals surface area contributed by atoms with Gasteiger partial charge in [0.15, 0.2) is 5.16 Å². The Labute approximate surface area is 187 Å². The Bertz CT molecular complexity index is 957. The normalized spacial score (nSPS) is 18.4. The molecule has 2 heterocycles. The Balaban J connectivity index is 1.54. The van der Waals surface area contributed by atoms with Crippen LogP contribution in [0.15, 0.2) is 29.4 Å². The third-order valence-electron chi connectivity index (χ3n) is 5.90. The van der Waals surface area contributed by atoms with Crippen LogP contribution in [0, 0.1) is 18.3 Å². The third kappa shape index (κ3) is 4.86. The molecule has 1 aliphatic carbocycles. The van der Waals surface area contributed by atoms with Crippen molar-refractivity contribution < 1.29 is 9.53 Å². The Kier molecular flexibility index (Phi) is 6.78. The molecule has 0 atom stereocenters. The van der Waals surface area contributed by atoms with Gasteiger partial charge in [-0.3, -0.25) is 9.36 Å². The van der Waals surface area contributed by atoms with E-state index in [2.05, 4.69) is 39.5 Å². The lowest BCUT2D eigenvalue weighted by molar-refractivity contribution is -0.120. The monoisotopic (exact) mass is 440 g/mol. The fraction of sp³-hybridized carbons (Fsp3) is 0.545. The van der Waals surface area contributed by atoms with Gasteiger partial charge in [0.1, 0.15) is 5.54 Å². The molecule has 1 amide bonds. The molecule has 4 rings (SSSR count). The molecular weight excluding hydrogens is 412 g/mol. The van der Waals surface area contributed by atoms with Crippen LogP contribution < -0.4 is 10.2 Å². The van der Waals surface area contributed by atoms with E-state index in [0.29, 0.717) is 18.4 Å². The highest BCUT2D eigenvalue weighted by atomic mass is 32.2. The Morgan fingerprint density at radius 2 is 1.97 bits per heavy atom. The maximum atomic E-state index is 12.7. The molecule has 2 aromatic rings. The number of aromatic nitrogens is 3. The lowest BCUT2D eigenvalue weighted by Gasteiger charge is -2.31. The zero-order valence-corrected chi connectivity index (χ0v) is 18.7. The number of anilines is 1. The summed E-state index contributed by atoms with van der Waals surface area (Å²) in [6.07, 6.45) is 4.52. The Hall–Kier alpha value is -2.57. The van der Waals surface area contributed by atoms with Crippen molar-refractivity contribution in [2.24, 2.45) is 0 Å². The molecule has 1 N–H and O–H groups in total. The van der Waals surface area contributed by atoms with Crippen molar-refractivity contribution in [1.29, 1.82) is 5.26 Å². The molecule has 0 spiro atoms. The maximum absolute atomic E-state index is 12.7. The number of thioether (sulfide) groups is 1. The number of hydrogen-bond acceptors (Lipinski definition) is 7. The van der Waals surface area contributed by atoms with Crippen molar-refractivity contribution in [1.82, 2.24) is 20.1 Å². The lowest BCUT2D eigenvalue weighted by atomic mass is 9.83. The van der Waals surface area contributed by atoms with E-state index in [1.807, 2.05) is 22.8 Å². The van der Waals surface area contributed by atoms with Gasteiger partial charge in [-0.2, -0.15) is 5.26 Å². The van der Waals surface area contributed by atoms with Gasteiger partial charge in [-0.1, -0.05) is 49.2 Å². The summed E-state index contributed by atoms with van der Waals surface area (Å²) >= 11 is 1.35. The van der Waals surface area contributed by atoms with Crippen LogP contribution in [0.5, 0.6) is 0 Å². The summed E-state index contributed by atoms with van der Waals surface area (Å²) in [5.74, 6) is 0.818. The van der Waals surface area contributed by atoms with E-state index < -0.39 is 5.54 Å². The highest BCUT2D eigenvalue weighted by Crippen LogP contribution is 2.30. The van der Waals surface area contributed by atoms with Crippen molar-refractivity contribution in [3.63, 3.8) is 0 Å². The molecule has 8 nitrogen and oxygen atoms in total. The molecule has 9 heteroatoms. The number of ether oxygens (including phenoxy) is 1. The van der Waals surface area contributed by atoms with Crippen LogP contribution in [0.4, 0.5) is 5.95 Å². The van der Waals surface area contributed by atoms with E-state index in [1.54, 1.807) is 0 Å². The second-order valence-electron chi connectivity index (χ2n) is 8.10. The van der Waals surface area contributed by atoms with Crippen LogP contribution in [0.3, 0.4) is 0 Å². The topological polar surface area (TPSA) is 96.1 Å². The first kappa shape index (κ1) is 21.7. The molecule has 1 saturated heterocycles. The molecule has 2 fully saturated rings. The van der Waals surface area contributed by atoms with Crippen LogP contribution in [0.1, 0.15) is 37.7 Å². The van der Waals surface area contributed by atoms with E-state index >= 15 is 0 Å². The number of rotatable bonds is 6. The second kappa shape index (κ2) is 9.71. The number of nitrogens with one attached hydrogen (secondary N) is 1. The Morgan fingerprint density at radius 3 is 2.68 bits per heavy atom. The number of nitrogens with zero attached hydrogens (tertiary/aromatic N) is 5. The fourth-order valence-corrected chi connectivity index (χ4v) is 4.94. The highest BCUT2D eigenvalue weighted by molar-refractivity contribution is 7.99. The smallest absolute Gasteiger partial charge is 0.232 e. The molecule has 164 valence electrons. The first-order valence-corrected chi connectivity index (χ1v) is 11.8. The summed E-state index contributed by atoms with van der Waals surface area (Å²) < 4.78 is 7.51. The first-order valence-electron chi connectivity index (χ1n) is 10.8. The average molecular weight is 441 g/mol. The summed E-state index contributed by atoms with van der Waals surface area (Å²) in [5, 5.41) is 22.2. The molecule has 31 heavy (non-hydrogen) atoms. The zero-order chi connectivity index (χ0) is 21.7. The molecule has 0 unspecified atom stereocenters. The minimum atomic E-state index is -0.724. The largest absolute Gasteiger partial charge is 0.378 e. The van der Waals surface area contributed by atoms with E-state index in [0.717, 1.165) is 62.4 Å². The number of para-hydroxylation sites is 1. The molecule has 1 saturated carbocycles. The number of aryl methyl sites for hydroxylation is 1. The number of carbonyl (C=O) groups excluding carboxylic acids is 1. The van der Waals surface area contributed by atoms with Crippen LogP contribution in [-0.2, 0) is 9.53 Å². The van der Waals surface area contributed by atoms with E-state index in [1.165, 1.54) is 11.8 Å². The maximum Gasteiger partial charge on any atom is 0.232 e. The predicted molar refractivity (Wildman–Crippen MR) is 119 cm³/mol. The van der Waals surface area contributed by atoms with Gasteiger partial charge in [0.25, 0.3) is 0 Å². The molecule has 0 radical (unpaired) electrons. The second-order valence-corrected chi connectivity index (χ2v) is 9.04. The van der Waals surface area contributed by atoms with Gasteiger partial charge >= 0.3 is 0 Å². The first-order chi connectivity index (χ1) is 15.1. The number of benzene rings is 1. The minimum Gasteiger partial charge on any atom is -0.378 e. The molecule has 1 aliphatic heterocycles. The van der Waals surface area contributed by atoms with Crippen LogP contribution in [0.25, 0.3) is 5.69 Å². The minimum absolute atomic E-state index is 0.138. The SMILES string of the molecule is Cc1ccccc1-n1c(SCC(=O)NC2(C#N)CCCCC2)nnc1N1CCOCC1. The number of nitriles is 1. The van der Waals surface area contributed by atoms with E-state index in [4.69, 9.17) is 4.74 Å². The van der Waals surface area contributed by atoms with Gasteiger partial charge < -0.3 is 15.0 Å². The van der Waals surface area contributed by atoms with E-state index in [-0.39, 0.29) is 11.7 Å². The van der Waals surface area contributed by atoms with Crippen LogP contribution in [-0.4, -0.2) is 58.3 Å². The van der Waals surface area contributed by atoms with Crippen molar-refractivity contribution >= 4 is 23.6 Å². The van der Waals surface area contributed by atoms with Gasteiger partial charge in [-0.25, -0.2) is 0 Å². The summed E-state index contributed by atoms with van der Waals surface area (Å²) in [6, 6.07) is 10.4. The number of morpholine rings is 1. The van der Waals surface area contributed by atoms with Crippen molar-refractivity contribution in [2.45, 2.75) is 49.7 Å². The number of hydrogen-bond donors (Lipinski definition) is 1. The summed E-state index contributed by atoms with van der Waals surface area (Å²) in [5.41, 5.74) is 1.38. The summed E-state index contributed by atoms with van der Waals surface area (Å²) in [4.78, 5) is 14.9. The zero-order valence-electron chi connectivity index (χ0n) is 17.8. The molecule has 1 aromatic carbocycles. The van der Waals surface area contributed by atoms with Crippen LogP contribution in [0.2, 0.25) is 0 Å². The third-order valence-corrected chi connectivity index (χ3v) is 6.83.